The van der Waals surface area contributed by atoms with E-state index in [1.165, 1.54) is 12.3 Å². The summed E-state index contributed by atoms with van der Waals surface area (Å²) >= 11 is 0. The number of carbonyl (C=O) groups is 2. The number of carboxylic acids is 1. The zero-order valence-electron chi connectivity index (χ0n) is 12.6. The molecule has 1 aromatic carbocycles. The molecule has 120 valence electrons. The van der Waals surface area contributed by atoms with Crippen LogP contribution < -0.4 is 5.32 Å². The topological polar surface area (TPSA) is 89.2 Å². The molecule has 0 spiro atoms. The predicted octanol–water partition coefficient (Wildman–Crippen LogP) is 2.05. The van der Waals surface area contributed by atoms with Crippen LogP contribution in [0.25, 0.3) is 0 Å². The zero-order valence-corrected chi connectivity index (χ0v) is 12.6. The van der Waals surface area contributed by atoms with Gasteiger partial charge in [-0.3, -0.25) is 9.48 Å². The van der Waals surface area contributed by atoms with Gasteiger partial charge in [0, 0.05) is 30.8 Å². The van der Waals surface area contributed by atoms with Crippen molar-refractivity contribution in [3.8, 4) is 0 Å². The lowest BCUT2D eigenvalue weighted by atomic mass is 10.1. The van der Waals surface area contributed by atoms with Gasteiger partial charge in [-0.1, -0.05) is 12.1 Å². The maximum atomic E-state index is 12.4. The number of anilines is 1. The van der Waals surface area contributed by atoms with E-state index in [1.54, 1.807) is 10.8 Å². The Morgan fingerprint density at radius 2 is 2.21 bits per heavy atom. The maximum absolute atomic E-state index is 12.4. The smallest absolute Gasteiger partial charge is 0.337 e. The molecule has 0 radical (unpaired) electrons. The van der Waals surface area contributed by atoms with E-state index in [1.807, 2.05) is 35.1 Å². The number of aromatic carboxylic acids is 1. The van der Waals surface area contributed by atoms with Gasteiger partial charge >= 0.3 is 5.97 Å². The fourth-order valence-electron chi connectivity index (χ4n) is 2.88. The van der Waals surface area contributed by atoms with Crippen LogP contribution in [0.2, 0.25) is 0 Å². The molecule has 0 saturated carbocycles. The summed E-state index contributed by atoms with van der Waals surface area (Å²) in [7, 11) is 0. The zero-order chi connectivity index (χ0) is 16.7. The molecular formula is C17H14N4O3. The summed E-state index contributed by atoms with van der Waals surface area (Å²) in [5, 5.41) is 16.1. The summed E-state index contributed by atoms with van der Waals surface area (Å²) < 4.78 is 3.47. The minimum Gasteiger partial charge on any atom is -0.478 e. The second-order valence-electron chi connectivity index (χ2n) is 5.70. The number of benzene rings is 1. The molecule has 1 amide bonds. The number of hydrogen-bond donors (Lipinski definition) is 2. The Bertz CT molecular complexity index is 941. The van der Waals surface area contributed by atoms with Crippen LogP contribution in [0.15, 0.2) is 48.9 Å². The first-order valence-electron chi connectivity index (χ1n) is 7.44. The molecule has 0 bridgehead atoms. The molecule has 0 aliphatic carbocycles. The van der Waals surface area contributed by atoms with E-state index in [9.17, 15) is 9.59 Å². The quantitative estimate of drug-likeness (QED) is 0.772. The highest BCUT2D eigenvalue weighted by Crippen LogP contribution is 2.25. The largest absolute Gasteiger partial charge is 0.478 e. The van der Waals surface area contributed by atoms with Gasteiger partial charge in [-0.25, -0.2) is 4.79 Å². The van der Waals surface area contributed by atoms with Gasteiger partial charge in [-0.05, 0) is 29.3 Å². The van der Waals surface area contributed by atoms with Crippen LogP contribution in [0.4, 0.5) is 5.69 Å². The fraction of sp³-hybridized carbons (Fsp3) is 0.118. The molecule has 2 aromatic heterocycles. The third kappa shape index (κ3) is 2.45. The highest BCUT2D eigenvalue weighted by Gasteiger charge is 2.22. The van der Waals surface area contributed by atoms with Gasteiger partial charge in [-0.2, -0.15) is 5.10 Å². The van der Waals surface area contributed by atoms with Crippen LogP contribution in [0.1, 0.15) is 32.0 Å². The third-order valence-electron chi connectivity index (χ3n) is 4.04. The van der Waals surface area contributed by atoms with Crippen LogP contribution in [0, 0.1) is 0 Å². The molecule has 4 rings (SSSR count). The first-order chi connectivity index (χ1) is 11.6. The summed E-state index contributed by atoms with van der Waals surface area (Å²) in [5.41, 5.74) is 3.15. The molecule has 0 saturated heterocycles. The number of fused-ring (bicyclic) bond motifs is 2. The summed E-state index contributed by atoms with van der Waals surface area (Å²) in [5.74, 6) is -1.35. The lowest BCUT2D eigenvalue weighted by Gasteiger charge is -2.10. The summed E-state index contributed by atoms with van der Waals surface area (Å²) in [6.07, 6.45) is 5.09. The number of amides is 1. The standard InChI is InChI=1S/C17H14N4O3/c22-16-15-7-13(17(23)24)10-20(15)9-12-3-2-11(6-14(12)19-16)8-21-5-1-4-18-21/h1-7,10H,8-9H2,(H,19,22)(H,23,24). The Morgan fingerprint density at radius 1 is 1.33 bits per heavy atom. The lowest BCUT2D eigenvalue weighted by molar-refractivity contribution is 0.0696. The SMILES string of the molecule is O=C(O)c1cc2n(c1)Cc1ccc(Cn3cccn3)cc1NC2=O. The third-order valence-corrected chi connectivity index (χ3v) is 4.04. The van der Waals surface area contributed by atoms with Crippen molar-refractivity contribution in [2.24, 2.45) is 0 Å². The van der Waals surface area contributed by atoms with Crippen LogP contribution in [0.5, 0.6) is 0 Å². The van der Waals surface area contributed by atoms with Gasteiger partial charge in [0.15, 0.2) is 0 Å². The highest BCUT2D eigenvalue weighted by atomic mass is 16.4. The number of nitrogens with zero attached hydrogens (tertiary/aromatic N) is 3. The average Bonchev–Trinajstić information content (AvgIpc) is 3.17. The number of carbonyl (C=O) groups excluding carboxylic acids is 1. The molecule has 1 aliphatic heterocycles. The number of aromatic nitrogens is 3. The molecule has 1 aliphatic rings. The Labute approximate surface area is 137 Å². The normalized spacial score (nSPS) is 12.9. The monoisotopic (exact) mass is 322 g/mol. The molecule has 0 unspecified atom stereocenters. The van der Waals surface area contributed by atoms with Gasteiger partial charge in [0.25, 0.3) is 5.91 Å². The Balaban J connectivity index is 1.68. The average molecular weight is 322 g/mol. The molecule has 3 aromatic rings. The van der Waals surface area contributed by atoms with E-state index in [0.717, 1.165) is 16.8 Å². The first-order valence-corrected chi connectivity index (χ1v) is 7.44. The van der Waals surface area contributed by atoms with Crippen LogP contribution in [0.3, 0.4) is 0 Å². The molecule has 24 heavy (non-hydrogen) atoms. The maximum Gasteiger partial charge on any atom is 0.337 e. The van der Waals surface area contributed by atoms with Gasteiger partial charge in [0.2, 0.25) is 0 Å². The lowest BCUT2D eigenvalue weighted by Crippen LogP contribution is -2.13. The van der Waals surface area contributed by atoms with Crippen molar-refractivity contribution >= 4 is 17.6 Å². The van der Waals surface area contributed by atoms with Crippen LogP contribution in [-0.2, 0) is 13.1 Å². The van der Waals surface area contributed by atoms with E-state index in [0.29, 0.717) is 18.8 Å². The fourth-order valence-corrected chi connectivity index (χ4v) is 2.88. The van der Waals surface area contributed by atoms with Crippen molar-refractivity contribution in [1.29, 1.82) is 0 Å². The van der Waals surface area contributed by atoms with Crippen molar-refractivity contribution in [3.63, 3.8) is 0 Å². The van der Waals surface area contributed by atoms with E-state index >= 15 is 0 Å². The summed E-state index contributed by atoms with van der Waals surface area (Å²) in [6.45, 7) is 1.06. The van der Waals surface area contributed by atoms with Crippen molar-refractivity contribution in [2.45, 2.75) is 13.1 Å². The molecule has 7 nitrogen and oxygen atoms in total. The van der Waals surface area contributed by atoms with Crippen molar-refractivity contribution in [1.82, 2.24) is 14.3 Å². The second-order valence-corrected chi connectivity index (χ2v) is 5.70. The Morgan fingerprint density at radius 3 is 2.96 bits per heavy atom. The van der Waals surface area contributed by atoms with Crippen LogP contribution in [-0.4, -0.2) is 31.3 Å². The van der Waals surface area contributed by atoms with E-state index < -0.39 is 5.97 Å². The van der Waals surface area contributed by atoms with Crippen molar-refractivity contribution in [2.75, 3.05) is 5.32 Å². The molecule has 2 N–H and O–H groups in total. The van der Waals surface area contributed by atoms with Crippen molar-refractivity contribution < 1.29 is 14.7 Å². The number of nitrogens with one attached hydrogen (secondary N) is 1. The van der Waals surface area contributed by atoms with Gasteiger partial charge < -0.3 is 15.0 Å². The predicted molar refractivity (Wildman–Crippen MR) is 86.2 cm³/mol. The second kappa shape index (κ2) is 5.38. The molecule has 0 atom stereocenters. The van der Waals surface area contributed by atoms with E-state index in [2.05, 4.69) is 10.4 Å². The van der Waals surface area contributed by atoms with Gasteiger partial charge in [-0.15, -0.1) is 0 Å². The highest BCUT2D eigenvalue weighted by molar-refractivity contribution is 6.05. The van der Waals surface area contributed by atoms with Crippen molar-refractivity contribution in [3.05, 3.63) is 71.3 Å². The number of carboxylic acid groups (broad SMARTS) is 1. The van der Waals surface area contributed by atoms with Gasteiger partial charge in [0.1, 0.15) is 5.69 Å². The molecule has 0 fully saturated rings. The minimum atomic E-state index is -1.04. The van der Waals surface area contributed by atoms with Crippen LogP contribution >= 0.6 is 0 Å². The van der Waals surface area contributed by atoms with E-state index in [-0.39, 0.29) is 11.5 Å². The molecule has 3 heterocycles. The molecular weight excluding hydrogens is 308 g/mol. The summed E-state index contributed by atoms with van der Waals surface area (Å²) in [6, 6.07) is 9.12. The van der Waals surface area contributed by atoms with E-state index in [4.69, 9.17) is 5.11 Å². The number of hydrogen-bond acceptors (Lipinski definition) is 3. The number of rotatable bonds is 3. The summed E-state index contributed by atoms with van der Waals surface area (Å²) in [4.78, 5) is 23.5. The Hall–Kier alpha value is -3.35. The minimum absolute atomic E-state index is 0.110. The first kappa shape index (κ1) is 14.3. The molecule has 7 heteroatoms. The van der Waals surface area contributed by atoms with Gasteiger partial charge in [0.05, 0.1) is 12.1 Å². The Kier molecular flexibility index (Phi) is 3.19.